The Morgan fingerprint density at radius 3 is 2.46 bits per heavy atom. The molecule has 2 amide bonds. The zero-order valence-corrected chi connectivity index (χ0v) is 15.1. The number of ether oxygens (including phenoxy) is 1. The minimum Gasteiger partial charge on any atom is -0.484 e. The summed E-state index contributed by atoms with van der Waals surface area (Å²) in [5.41, 5.74) is 3.10. The molecule has 0 aromatic heterocycles. The predicted octanol–water partition coefficient (Wildman–Crippen LogP) is 2.63. The van der Waals surface area contributed by atoms with Crippen LogP contribution in [0.25, 0.3) is 6.08 Å². The van der Waals surface area contributed by atoms with Gasteiger partial charge in [0.2, 0.25) is 5.91 Å². The van der Waals surface area contributed by atoms with Crippen molar-refractivity contribution >= 4 is 17.9 Å². The lowest BCUT2D eigenvalue weighted by Crippen LogP contribution is -2.36. The normalized spacial score (nSPS) is 10.5. The number of nitrogens with one attached hydrogen (secondary N) is 2. The zero-order chi connectivity index (χ0) is 18.8. The van der Waals surface area contributed by atoms with E-state index in [1.807, 2.05) is 62.4 Å². The Morgan fingerprint density at radius 2 is 1.73 bits per heavy atom. The first-order valence-electron chi connectivity index (χ1n) is 8.52. The third-order valence-electron chi connectivity index (χ3n) is 3.66. The number of hydrogen-bond acceptors (Lipinski definition) is 3. The molecule has 0 heterocycles. The first-order valence-corrected chi connectivity index (χ1v) is 8.52. The van der Waals surface area contributed by atoms with Crippen molar-refractivity contribution in [3.05, 3.63) is 71.3 Å². The maximum atomic E-state index is 11.8. The summed E-state index contributed by atoms with van der Waals surface area (Å²) >= 11 is 0. The van der Waals surface area contributed by atoms with E-state index in [2.05, 4.69) is 10.6 Å². The van der Waals surface area contributed by atoms with Crippen LogP contribution in [0.2, 0.25) is 0 Å². The van der Waals surface area contributed by atoms with Gasteiger partial charge in [0.05, 0.1) is 0 Å². The van der Waals surface area contributed by atoms with E-state index in [4.69, 9.17) is 4.74 Å². The summed E-state index contributed by atoms with van der Waals surface area (Å²) in [6, 6.07) is 15.4. The summed E-state index contributed by atoms with van der Waals surface area (Å²) in [5.74, 6) is 0.277. The van der Waals surface area contributed by atoms with Gasteiger partial charge in [-0.25, -0.2) is 0 Å². The Balaban J connectivity index is 1.62. The highest BCUT2D eigenvalue weighted by molar-refractivity contribution is 5.91. The average molecular weight is 352 g/mol. The fourth-order valence-electron chi connectivity index (χ4n) is 2.34. The molecular formula is C21H24N2O3. The van der Waals surface area contributed by atoms with Gasteiger partial charge in [0.15, 0.2) is 6.61 Å². The van der Waals surface area contributed by atoms with Crippen molar-refractivity contribution in [1.29, 1.82) is 0 Å². The molecule has 0 aliphatic heterocycles. The molecule has 2 aromatic rings. The topological polar surface area (TPSA) is 67.4 Å². The van der Waals surface area contributed by atoms with E-state index in [-0.39, 0.29) is 18.4 Å². The molecule has 0 fully saturated rings. The van der Waals surface area contributed by atoms with E-state index in [1.165, 1.54) is 6.08 Å². The molecule has 0 radical (unpaired) electrons. The fraction of sp³-hybridized carbons (Fsp3) is 0.238. The van der Waals surface area contributed by atoms with Crippen LogP contribution in [0.1, 0.15) is 16.7 Å². The largest absolute Gasteiger partial charge is 0.484 e. The lowest BCUT2D eigenvalue weighted by molar-refractivity contribution is -0.123. The molecule has 2 rings (SSSR count). The highest BCUT2D eigenvalue weighted by atomic mass is 16.5. The molecule has 136 valence electrons. The lowest BCUT2D eigenvalue weighted by Gasteiger charge is -2.10. The molecule has 2 aromatic carbocycles. The van der Waals surface area contributed by atoms with E-state index in [0.29, 0.717) is 18.8 Å². The maximum absolute atomic E-state index is 11.8. The van der Waals surface area contributed by atoms with Crippen LogP contribution in [0.3, 0.4) is 0 Å². The van der Waals surface area contributed by atoms with Gasteiger partial charge in [0.25, 0.3) is 5.91 Å². The highest BCUT2D eigenvalue weighted by Crippen LogP contribution is 2.18. The number of amides is 2. The van der Waals surface area contributed by atoms with Crippen molar-refractivity contribution in [3.63, 3.8) is 0 Å². The average Bonchev–Trinajstić information content (AvgIpc) is 2.63. The van der Waals surface area contributed by atoms with Gasteiger partial charge in [-0.05, 0) is 37.1 Å². The second kappa shape index (κ2) is 10.0. The van der Waals surface area contributed by atoms with Crippen molar-refractivity contribution in [2.45, 2.75) is 13.8 Å². The Labute approximate surface area is 154 Å². The third kappa shape index (κ3) is 6.81. The number of carbonyl (C=O) groups is 2. The number of aryl methyl sites for hydroxylation is 2. The standard InChI is InChI=1S/C21H24N2O3/c1-16-8-10-19(17(2)14-16)26-15-21(25)23-13-12-22-20(24)11-9-18-6-4-3-5-7-18/h3-11,14H,12-13,15H2,1-2H3,(H,22,24)(H,23,25)/b11-9+. The molecule has 0 aliphatic rings. The zero-order valence-electron chi connectivity index (χ0n) is 15.1. The quantitative estimate of drug-likeness (QED) is 0.567. The van der Waals surface area contributed by atoms with Crippen molar-refractivity contribution < 1.29 is 14.3 Å². The van der Waals surface area contributed by atoms with Crippen LogP contribution < -0.4 is 15.4 Å². The van der Waals surface area contributed by atoms with Gasteiger partial charge in [-0.2, -0.15) is 0 Å². The van der Waals surface area contributed by atoms with E-state index in [1.54, 1.807) is 6.08 Å². The lowest BCUT2D eigenvalue weighted by atomic mass is 10.1. The number of hydrogen-bond donors (Lipinski definition) is 2. The van der Waals surface area contributed by atoms with E-state index in [0.717, 1.165) is 16.7 Å². The second-order valence-corrected chi connectivity index (χ2v) is 5.94. The van der Waals surface area contributed by atoms with E-state index < -0.39 is 0 Å². The molecule has 0 spiro atoms. The summed E-state index contributed by atoms with van der Waals surface area (Å²) < 4.78 is 5.51. The van der Waals surface area contributed by atoms with Crippen LogP contribution >= 0.6 is 0 Å². The molecule has 5 nitrogen and oxygen atoms in total. The van der Waals surface area contributed by atoms with Crippen molar-refractivity contribution in [2.75, 3.05) is 19.7 Å². The smallest absolute Gasteiger partial charge is 0.258 e. The monoisotopic (exact) mass is 352 g/mol. The van der Waals surface area contributed by atoms with Crippen LogP contribution in [0.15, 0.2) is 54.6 Å². The minimum absolute atomic E-state index is 0.0498. The maximum Gasteiger partial charge on any atom is 0.258 e. The molecular weight excluding hydrogens is 328 g/mol. The molecule has 0 aliphatic carbocycles. The first-order chi connectivity index (χ1) is 12.5. The van der Waals surface area contributed by atoms with Gasteiger partial charge in [0.1, 0.15) is 5.75 Å². The van der Waals surface area contributed by atoms with Crippen LogP contribution in [0, 0.1) is 13.8 Å². The SMILES string of the molecule is Cc1ccc(OCC(=O)NCCNC(=O)/C=C/c2ccccc2)c(C)c1. The van der Waals surface area contributed by atoms with E-state index >= 15 is 0 Å². The number of benzene rings is 2. The molecule has 0 saturated carbocycles. The Kier molecular flexibility index (Phi) is 7.43. The predicted molar refractivity (Wildman–Crippen MR) is 103 cm³/mol. The van der Waals surface area contributed by atoms with Crippen molar-refractivity contribution in [3.8, 4) is 5.75 Å². The van der Waals surface area contributed by atoms with Gasteiger partial charge in [0, 0.05) is 19.2 Å². The van der Waals surface area contributed by atoms with Crippen LogP contribution in [-0.2, 0) is 9.59 Å². The molecule has 5 heteroatoms. The molecule has 2 N–H and O–H groups in total. The van der Waals surface area contributed by atoms with Gasteiger partial charge in [-0.3, -0.25) is 9.59 Å². The summed E-state index contributed by atoms with van der Waals surface area (Å²) in [5, 5.41) is 5.43. The highest BCUT2D eigenvalue weighted by Gasteiger charge is 2.05. The number of carbonyl (C=O) groups excluding carboxylic acids is 2. The molecule has 0 atom stereocenters. The third-order valence-corrected chi connectivity index (χ3v) is 3.66. The van der Waals surface area contributed by atoms with Gasteiger partial charge in [-0.1, -0.05) is 48.0 Å². The van der Waals surface area contributed by atoms with Gasteiger partial charge < -0.3 is 15.4 Å². The van der Waals surface area contributed by atoms with Gasteiger partial charge in [-0.15, -0.1) is 0 Å². The van der Waals surface area contributed by atoms with Gasteiger partial charge >= 0.3 is 0 Å². The first kappa shape index (κ1) is 19.2. The summed E-state index contributed by atoms with van der Waals surface area (Å²) in [4.78, 5) is 23.5. The summed E-state index contributed by atoms with van der Waals surface area (Å²) in [6.07, 6.45) is 3.21. The molecule has 0 bridgehead atoms. The van der Waals surface area contributed by atoms with E-state index in [9.17, 15) is 9.59 Å². The Bertz CT molecular complexity index is 770. The van der Waals surface area contributed by atoms with Crippen molar-refractivity contribution in [2.24, 2.45) is 0 Å². The Hall–Kier alpha value is -3.08. The minimum atomic E-state index is -0.223. The van der Waals surface area contributed by atoms with Crippen LogP contribution in [0.5, 0.6) is 5.75 Å². The number of rotatable bonds is 8. The van der Waals surface area contributed by atoms with Crippen LogP contribution in [0.4, 0.5) is 0 Å². The van der Waals surface area contributed by atoms with Crippen LogP contribution in [-0.4, -0.2) is 31.5 Å². The van der Waals surface area contributed by atoms with Crippen molar-refractivity contribution in [1.82, 2.24) is 10.6 Å². The molecule has 0 saturated heterocycles. The second-order valence-electron chi connectivity index (χ2n) is 5.94. The fourth-order valence-corrected chi connectivity index (χ4v) is 2.34. The Morgan fingerprint density at radius 1 is 1.00 bits per heavy atom. The molecule has 0 unspecified atom stereocenters. The summed E-state index contributed by atoms with van der Waals surface area (Å²) in [7, 11) is 0. The molecule has 26 heavy (non-hydrogen) atoms. The summed E-state index contributed by atoms with van der Waals surface area (Å²) in [6.45, 7) is 4.60.